The van der Waals surface area contributed by atoms with Crippen LogP contribution < -0.4 is 9.62 Å². The maximum absolute atomic E-state index is 12.6. The van der Waals surface area contributed by atoms with Crippen molar-refractivity contribution in [3.63, 3.8) is 0 Å². The molecule has 0 spiro atoms. The number of aryl methyl sites for hydroxylation is 1. The molecule has 1 atom stereocenters. The molecule has 0 bridgehead atoms. The second-order valence-electron chi connectivity index (χ2n) is 5.23. The summed E-state index contributed by atoms with van der Waals surface area (Å²) in [5.41, 5.74) is 0. The van der Waals surface area contributed by atoms with Crippen LogP contribution in [0.15, 0.2) is 12.3 Å². The van der Waals surface area contributed by atoms with Gasteiger partial charge in [0.1, 0.15) is 11.9 Å². The third kappa shape index (κ3) is 3.31. The Labute approximate surface area is 131 Å². The van der Waals surface area contributed by atoms with Gasteiger partial charge in [-0.05, 0) is 19.8 Å². The molecule has 0 unspecified atom stereocenters. The lowest BCUT2D eigenvalue weighted by Gasteiger charge is -2.33. The van der Waals surface area contributed by atoms with E-state index in [1.807, 2.05) is 6.92 Å². The predicted octanol–water partition coefficient (Wildman–Crippen LogP) is 0.185. The first-order chi connectivity index (χ1) is 10.4. The van der Waals surface area contributed by atoms with Crippen LogP contribution >= 0.6 is 0 Å². The van der Waals surface area contributed by atoms with Crippen LogP contribution in [0.3, 0.4) is 0 Å². The third-order valence-corrected chi connectivity index (χ3v) is 5.52. The first kappa shape index (κ1) is 16.9. The number of aromatic nitrogens is 2. The van der Waals surface area contributed by atoms with Gasteiger partial charge in [0.2, 0.25) is 5.91 Å². The van der Waals surface area contributed by atoms with E-state index in [0.29, 0.717) is 31.9 Å². The number of hydrogen-bond donors (Lipinski definition) is 1. The normalized spacial score (nSPS) is 19.9. The van der Waals surface area contributed by atoms with Crippen molar-refractivity contribution in [2.45, 2.75) is 39.3 Å². The highest BCUT2D eigenvalue weighted by Crippen LogP contribution is 2.21. The van der Waals surface area contributed by atoms with E-state index in [2.05, 4.69) is 9.82 Å². The van der Waals surface area contributed by atoms with Crippen LogP contribution in [0.1, 0.15) is 26.7 Å². The molecule has 0 radical (unpaired) electrons. The predicted molar refractivity (Wildman–Crippen MR) is 83.6 cm³/mol. The van der Waals surface area contributed by atoms with Gasteiger partial charge in [-0.25, -0.2) is 4.68 Å². The quantitative estimate of drug-likeness (QED) is 0.807. The Bertz CT molecular complexity index is 627. The van der Waals surface area contributed by atoms with E-state index in [4.69, 9.17) is 0 Å². The Morgan fingerprint density at radius 1 is 1.45 bits per heavy atom. The van der Waals surface area contributed by atoms with Gasteiger partial charge in [0.25, 0.3) is 10.2 Å². The topological polar surface area (TPSA) is 87.5 Å². The average Bonchev–Trinajstić information content (AvgIpc) is 2.96. The molecule has 1 saturated heterocycles. The zero-order chi connectivity index (χ0) is 16.3. The lowest BCUT2D eigenvalue weighted by Crippen LogP contribution is -2.55. The molecule has 0 aliphatic carbocycles. The van der Waals surface area contributed by atoms with Crippen molar-refractivity contribution in [3.8, 4) is 0 Å². The summed E-state index contributed by atoms with van der Waals surface area (Å²) in [6.07, 6.45) is 2.89. The van der Waals surface area contributed by atoms with E-state index >= 15 is 0 Å². The summed E-state index contributed by atoms with van der Waals surface area (Å²) < 4.78 is 29.7. The summed E-state index contributed by atoms with van der Waals surface area (Å²) >= 11 is 0. The maximum Gasteiger partial charge on any atom is 0.279 e. The largest absolute Gasteiger partial charge is 0.296 e. The van der Waals surface area contributed by atoms with Crippen molar-refractivity contribution in [3.05, 3.63) is 12.3 Å². The molecule has 1 amide bonds. The molecule has 9 heteroatoms. The van der Waals surface area contributed by atoms with Gasteiger partial charge < -0.3 is 0 Å². The first-order valence-electron chi connectivity index (χ1n) is 7.47. The number of amides is 1. The van der Waals surface area contributed by atoms with Gasteiger partial charge in [-0.3, -0.25) is 9.69 Å². The zero-order valence-corrected chi connectivity index (χ0v) is 14.0. The molecule has 2 heterocycles. The smallest absolute Gasteiger partial charge is 0.279 e. The lowest BCUT2D eigenvalue weighted by atomic mass is 10.1. The SMILES string of the molecule is CCN(C)S(=O)(=O)N[C@H]1CCCN(c2ccnn2CC)C1=O. The minimum absolute atomic E-state index is 0.227. The molecule has 1 aromatic heterocycles. The number of carbonyl (C=O) groups is 1. The highest BCUT2D eigenvalue weighted by Gasteiger charge is 2.34. The van der Waals surface area contributed by atoms with Crippen molar-refractivity contribution in [2.75, 3.05) is 25.0 Å². The Hall–Kier alpha value is -1.45. The maximum atomic E-state index is 12.6. The molecule has 124 valence electrons. The minimum Gasteiger partial charge on any atom is -0.296 e. The number of anilines is 1. The molecule has 1 aliphatic rings. The van der Waals surface area contributed by atoms with Gasteiger partial charge >= 0.3 is 0 Å². The van der Waals surface area contributed by atoms with Gasteiger partial charge in [0.15, 0.2) is 0 Å². The molecule has 1 aliphatic heterocycles. The van der Waals surface area contributed by atoms with Crippen molar-refractivity contribution in [2.24, 2.45) is 0 Å². The van der Waals surface area contributed by atoms with E-state index in [-0.39, 0.29) is 5.91 Å². The van der Waals surface area contributed by atoms with Crippen LogP contribution in [-0.4, -0.2) is 54.6 Å². The summed E-state index contributed by atoms with van der Waals surface area (Å²) in [7, 11) is -2.15. The van der Waals surface area contributed by atoms with Crippen molar-refractivity contribution in [1.29, 1.82) is 0 Å². The Morgan fingerprint density at radius 2 is 2.18 bits per heavy atom. The molecule has 2 rings (SSSR count). The fourth-order valence-electron chi connectivity index (χ4n) is 2.45. The average molecular weight is 329 g/mol. The molecule has 22 heavy (non-hydrogen) atoms. The van der Waals surface area contributed by atoms with Gasteiger partial charge in [-0.1, -0.05) is 6.92 Å². The first-order valence-corrected chi connectivity index (χ1v) is 8.91. The van der Waals surface area contributed by atoms with Gasteiger partial charge in [0.05, 0.1) is 6.20 Å². The van der Waals surface area contributed by atoms with Crippen LogP contribution in [0.25, 0.3) is 0 Å². The zero-order valence-electron chi connectivity index (χ0n) is 13.2. The van der Waals surface area contributed by atoms with Crippen LogP contribution in [0.4, 0.5) is 5.82 Å². The fourth-order valence-corrected chi connectivity index (χ4v) is 3.55. The molecule has 8 nitrogen and oxygen atoms in total. The number of piperidine rings is 1. The van der Waals surface area contributed by atoms with Gasteiger partial charge in [-0.15, -0.1) is 0 Å². The summed E-state index contributed by atoms with van der Waals surface area (Å²) in [5.74, 6) is 0.481. The van der Waals surface area contributed by atoms with Crippen LogP contribution in [-0.2, 0) is 21.5 Å². The summed E-state index contributed by atoms with van der Waals surface area (Å²) in [6, 6.07) is 1.05. The monoisotopic (exact) mass is 329 g/mol. The second-order valence-corrected chi connectivity index (χ2v) is 7.04. The van der Waals surface area contributed by atoms with E-state index in [9.17, 15) is 13.2 Å². The van der Waals surface area contributed by atoms with Crippen molar-refractivity contribution < 1.29 is 13.2 Å². The lowest BCUT2D eigenvalue weighted by molar-refractivity contribution is -0.121. The Balaban J connectivity index is 2.17. The highest BCUT2D eigenvalue weighted by atomic mass is 32.2. The molecule has 1 N–H and O–H groups in total. The van der Waals surface area contributed by atoms with E-state index in [1.54, 1.807) is 28.8 Å². The molecule has 0 saturated carbocycles. The fraction of sp³-hybridized carbons (Fsp3) is 0.692. The molecular formula is C13H23N5O3S. The molecular weight excluding hydrogens is 306 g/mol. The minimum atomic E-state index is -3.64. The molecule has 1 aromatic rings. The van der Waals surface area contributed by atoms with E-state index < -0.39 is 16.3 Å². The van der Waals surface area contributed by atoms with Gasteiger partial charge in [0, 0.05) is 32.7 Å². The van der Waals surface area contributed by atoms with Crippen LogP contribution in [0.5, 0.6) is 0 Å². The van der Waals surface area contributed by atoms with Gasteiger partial charge in [-0.2, -0.15) is 22.5 Å². The van der Waals surface area contributed by atoms with Crippen molar-refractivity contribution >= 4 is 21.9 Å². The molecule has 0 aromatic carbocycles. The third-order valence-electron chi connectivity index (χ3n) is 3.86. The molecule has 1 fully saturated rings. The Morgan fingerprint density at radius 3 is 2.82 bits per heavy atom. The van der Waals surface area contributed by atoms with Crippen molar-refractivity contribution in [1.82, 2.24) is 18.8 Å². The van der Waals surface area contributed by atoms with Crippen LogP contribution in [0, 0.1) is 0 Å². The standard InChI is InChI=1S/C13H23N5O3S/c1-4-16(3)22(20,21)15-11-7-6-10-17(13(11)19)12-8-9-14-18(12)5-2/h8-9,11,15H,4-7,10H2,1-3H3/t11-/m0/s1. The van der Waals surface area contributed by atoms with E-state index in [1.165, 1.54) is 11.4 Å². The van der Waals surface area contributed by atoms with E-state index in [0.717, 1.165) is 6.42 Å². The number of nitrogens with zero attached hydrogens (tertiary/aromatic N) is 4. The number of hydrogen-bond acceptors (Lipinski definition) is 4. The number of rotatable bonds is 6. The number of carbonyl (C=O) groups excluding carboxylic acids is 1. The Kier molecular flexibility index (Phi) is 5.20. The summed E-state index contributed by atoms with van der Waals surface area (Å²) in [5, 5.41) is 4.16. The van der Waals surface area contributed by atoms with Crippen LogP contribution in [0.2, 0.25) is 0 Å². The second kappa shape index (κ2) is 6.76. The number of nitrogens with one attached hydrogen (secondary N) is 1. The highest BCUT2D eigenvalue weighted by molar-refractivity contribution is 7.87. The summed E-state index contributed by atoms with van der Waals surface area (Å²) in [4.78, 5) is 14.2. The summed E-state index contributed by atoms with van der Waals surface area (Å²) in [6.45, 7) is 5.27.